The molecular weight excluding hydrogens is 366 g/mol. The fraction of sp³-hybridized carbons (Fsp3) is 0.167. The third-order valence-corrected chi connectivity index (χ3v) is 2.86. The number of anilines is 1. The van der Waals surface area contributed by atoms with Crippen LogP contribution >= 0.6 is 0 Å². The van der Waals surface area contributed by atoms with Crippen molar-refractivity contribution in [2.24, 2.45) is 0 Å². The zero-order chi connectivity index (χ0) is 18.8. The summed E-state index contributed by atoms with van der Waals surface area (Å²) >= 11 is 0. The maximum atomic E-state index is 12.4. The Hall–Kier alpha value is -1.90. The second-order valence-corrected chi connectivity index (χ2v) is 4.08. The average Bonchev–Trinajstić information content (AvgIpc) is 2.71. The van der Waals surface area contributed by atoms with Gasteiger partial charge in [-0.3, -0.25) is 4.79 Å². The minimum Gasteiger partial charge on any atom is 0 e. The molecule has 1 aromatic rings. The van der Waals surface area contributed by atoms with Crippen molar-refractivity contribution in [1.82, 2.24) is 0 Å². The van der Waals surface area contributed by atoms with Crippen LogP contribution in [-0.4, -0.2) is 18.7 Å². The Morgan fingerprint density at radius 3 is 2.08 bits per heavy atom. The van der Waals surface area contributed by atoms with Crippen molar-refractivity contribution in [3.63, 3.8) is 0 Å². The summed E-state index contributed by atoms with van der Waals surface area (Å²) in [5.41, 5.74) is 0.755. The van der Waals surface area contributed by atoms with Gasteiger partial charge in [0.05, 0.1) is 12.5 Å². The van der Waals surface area contributed by atoms with Crippen molar-refractivity contribution in [3.05, 3.63) is 75.5 Å². The minimum atomic E-state index is -0.0855. The third kappa shape index (κ3) is 10.5. The van der Waals surface area contributed by atoms with Crippen LogP contribution in [0.3, 0.4) is 0 Å². The molecule has 1 aliphatic carbocycles. The van der Waals surface area contributed by atoms with Crippen LogP contribution in [0.15, 0.2) is 30.3 Å². The molecule has 2 rings (SSSR count). The number of hydrogen-bond donors (Lipinski definition) is 0. The third-order valence-electron chi connectivity index (χ3n) is 2.86. The van der Waals surface area contributed by atoms with Gasteiger partial charge in [-0.05, 0) is 44.2 Å². The SMILES string of the molecule is O=CCN(C(=O)[C]1[CH][CH][CH]CC1)c1ccccc1.[C-]#[O+].[C-]#[O+].[C-]#[O+].[Fe]. The van der Waals surface area contributed by atoms with Crippen molar-refractivity contribution in [1.29, 1.82) is 0 Å². The van der Waals surface area contributed by atoms with Gasteiger partial charge in [0.25, 0.3) is 0 Å². The van der Waals surface area contributed by atoms with Gasteiger partial charge in [0, 0.05) is 22.8 Å². The average molecular weight is 381 g/mol. The number of rotatable bonds is 4. The van der Waals surface area contributed by atoms with E-state index in [1.165, 1.54) is 4.90 Å². The molecule has 1 amide bonds. The van der Waals surface area contributed by atoms with Gasteiger partial charge in [-0.15, -0.1) is 0 Å². The first-order chi connectivity index (χ1) is 11.8. The zero-order valence-electron chi connectivity index (χ0n) is 13.2. The van der Waals surface area contributed by atoms with E-state index in [9.17, 15) is 9.59 Å². The molecule has 25 heavy (non-hydrogen) atoms. The Balaban J connectivity index is -0.000000626. The molecular formula is C18H15FeNO5. The zero-order valence-corrected chi connectivity index (χ0v) is 14.3. The molecule has 0 aliphatic heterocycles. The van der Waals surface area contributed by atoms with Crippen LogP contribution in [0.5, 0.6) is 0 Å². The smallest absolute Gasteiger partial charge is 0 e. The van der Waals surface area contributed by atoms with E-state index < -0.39 is 0 Å². The number of carbonyl (C=O) groups excluding carboxylic acids is 2. The predicted molar refractivity (Wildman–Crippen MR) is 82.0 cm³/mol. The van der Waals surface area contributed by atoms with Crippen LogP contribution in [0.25, 0.3) is 0 Å². The Morgan fingerprint density at radius 2 is 1.64 bits per heavy atom. The molecule has 0 unspecified atom stereocenters. The van der Waals surface area contributed by atoms with E-state index in [1.54, 1.807) is 0 Å². The van der Waals surface area contributed by atoms with E-state index in [0.29, 0.717) is 0 Å². The van der Waals surface area contributed by atoms with Gasteiger partial charge in [-0.2, -0.15) is 0 Å². The molecule has 1 aromatic carbocycles. The molecule has 1 saturated carbocycles. The summed E-state index contributed by atoms with van der Waals surface area (Å²) in [5, 5.41) is 0. The number of para-hydroxylation sites is 1. The van der Waals surface area contributed by atoms with E-state index >= 15 is 0 Å². The van der Waals surface area contributed by atoms with Gasteiger partial charge >= 0.3 is 33.9 Å². The van der Waals surface area contributed by atoms with Crippen molar-refractivity contribution in [3.8, 4) is 0 Å². The number of aldehydes is 1. The van der Waals surface area contributed by atoms with Crippen molar-refractivity contribution < 1.29 is 40.6 Å². The van der Waals surface area contributed by atoms with Crippen LogP contribution < -0.4 is 4.90 Å². The summed E-state index contributed by atoms with van der Waals surface area (Å²) < 4.78 is 22.5. The Morgan fingerprint density at radius 1 is 1.08 bits per heavy atom. The fourth-order valence-electron chi connectivity index (χ4n) is 1.94. The number of amides is 1. The number of carbonyl (C=O) groups is 2. The first-order valence-electron chi connectivity index (χ1n) is 6.60. The second kappa shape index (κ2) is 20.1. The molecule has 0 heterocycles. The molecule has 4 radical (unpaired) electrons. The molecule has 1 aliphatic rings. The molecule has 7 heteroatoms. The standard InChI is InChI=1S/C15H15NO2.3CO.Fe/c17-12-11-16(14-9-5-2-6-10-14)15(18)13-7-3-1-4-8-13;3*1-2;/h1-3,5-7,9-10,12H,4,8,11H2;;;;. The molecule has 0 spiro atoms. The number of hydrogen-bond acceptors (Lipinski definition) is 2. The van der Waals surface area contributed by atoms with Crippen molar-refractivity contribution >= 4 is 17.9 Å². The molecule has 1 fully saturated rings. The van der Waals surface area contributed by atoms with E-state index in [2.05, 4.69) is 20.0 Å². The van der Waals surface area contributed by atoms with Gasteiger partial charge in [0.15, 0.2) is 0 Å². The monoisotopic (exact) mass is 381 g/mol. The van der Waals surface area contributed by atoms with Gasteiger partial charge in [-0.25, -0.2) is 0 Å². The first kappa shape index (κ1) is 27.9. The van der Waals surface area contributed by atoms with Gasteiger partial charge < -0.3 is 9.69 Å². The largest absolute Gasteiger partial charge is 0 e. The van der Waals surface area contributed by atoms with E-state index in [-0.39, 0.29) is 29.5 Å². The maximum Gasteiger partial charge on any atom is 0 e. The quantitative estimate of drug-likeness (QED) is 0.345. The van der Waals surface area contributed by atoms with Crippen molar-refractivity contribution in [2.45, 2.75) is 12.8 Å². The Bertz CT molecular complexity index is 507. The molecule has 6 nitrogen and oxygen atoms in total. The summed E-state index contributed by atoms with van der Waals surface area (Å²) in [5.74, 6) is 0.667. The normalized spacial score (nSPS) is 11.9. The number of benzene rings is 1. The Labute approximate surface area is 158 Å². The van der Waals surface area contributed by atoms with Crippen LogP contribution in [0.2, 0.25) is 0 Å². The molecule has 0 N–H and O–H groups in total. The van der Waals surface area contributed by atoms with Crippen molar-refractivity contribution in [2.75, 3.05) is 11.4 Å². The van der Waals surface area contributed by atoms with Crippen LogP contribution in [-0.2, 0) is 40.6 Å². The first-order valence-corrected chi connectivity index (χ1v) is 6.60. The molecule has 0 atom stereocenters. The molecule has 0 bridgehead atoms. The molecule has 0 saturated heterocycles. The summed E-state index contributed by atoms with van der Waals surface area (Å²) in [7, 11) is 0. The van der Waals surface area contributed by atoms with Crippen LogP contribution in [0.4, 0.5) is 5.69 Å². The van der Waals surface area contributed by atoms with Crippen LogP contribution in [0, 0.1) is 45.1 Å². The fourth-order valence-corrected chi connectivity index (χ4v) is 1.94. The topological polar surface area (TPSA) is 97.1 Å². The molecule has 0 aromatic heterocycles. The van der Waals surface area contributed by atoms with E-state index in [1.807, 2.05) is 49.6 Å². The van der Waals surface area contributed by atoms with E-state index in [0.717, 1.165) is 30.7 Å². The summed E-state index contributed by atoms with van der Waals surface area (Å²) in [6, 6.07) is 9.27. The van der Waals surface area contributed by atoms with Gasteiger partial charge in [-0.1, -0.05) is 18.2 Å². The second-order valence-electron chi connectivity index (χ2n) is 4.08. The molecule has 130 valence electrons. The summed E-state index contributed by atoms with van der Waals surface area (Å²) in [6.07, 6.45) is 8.11. The van der Waals surface area contributed by atoms with Gasteiger partial charge in [0.2, 0.25) is 5.91 Å². The predicted octanol–water partition coefficient (Wildman–Crippen LogP) is 2.08. The minimum absolute atomic E-state index is 0. The maximum absolute atomic E-state index is 12.4. The van der Waals surface area contributed by atoms with Crippen LogP contribution in [0.1, 0.15) is 12.8 Å². The number of nitrogens with zero attached hydrogens (tertiary/aromatic N) is 1. The Kier molecular flexibility index (Phi) is 22.5. The van der Waals surface area contributed by atoms with Gasteiger partial charge in [0.1, 0.15) is 6.29 Å². The summed E-state index contributed by atoms with van der Waals surface area (Å²) in [4.78, 5) is 24.6. The summed E-state index contributed by atoms with van der Waals surface area (Å²) in [6.45, 7) is 13.6. The van der Waals surface area contributed by atoms with E-state index in [4.69, 9.17) is 14.0 Å².